The number of esters is 1. The molecule has 0 radical (unpaired) electrons. The predicted molar refractivity (Wildman–Crippen MR) is 88.5 cm³/mol. The smallest absolute Gasteiger partial charge is 0.338 e. The third-order valence-electron chi connectivity index (χ3n) is 3.91. The van der Waals surface area contributed by atoms with E-state index in [2.05, 4.69) is 25.8 Å². The zero-order valence-electron chi connectivity index (χ0n) is 12.7. The fourth-order valence-electron chi connectivity index (χ4n) is 2.75. The average Bonchev–Trinajstić information content (AvgIpc) is 2.59. The van der Waals surface area contributed by atoms with Gasteiger partial charge in [-0.3, -0.25) is 9.88 Å². The topological polar surface area (TPSA) is 71.9 Å². The molecule has 0 aliphatic carbocycles. The number of rotatable bonds is 3. The van der Waals surface area contributed by atoms with Crippen molar-refractivity contribution in [1.82, 2.24) is 9.88 Å². The quantitative estimate of drug-likeness (QED) is 0.823. The minimum atomic E-state index is -0.457. The van der Waals surface area contributed by atoms with Crippen molar-refractivity contribution in [2.45, 2.75) is 6.54 Å². The number of aromatic hydroxyl groups is 1. The fraction of sp³-hybridized carbons (Fsp3) is 0.375. The zero-order valence-corrected chi connectivity index (χ0v) is 14.3. The molecule has 0 unspecified atom stereocenters. The predicted octanol–water partition coefficient (Wildman–Crippen LogP) is 2.32. The highest BCUT2D eigenvalue weighted by atomic mass is 79.9. The van der Waals surface area contributed by atoms with Gasteiger partial charge in [-0.1, -0.05) is 0 Å². The van der Waals surface area contributed by atoms with Crippen molar-refractivity contribution in [3.8, 4) is 5.75 Å². The van der Waals surface area contributed by atoms with Crippen molar-refractivity contribution in [1.29, 1.82) is 0 Å². The number of hydrogen-bond acceptors (Lipinski definition) is 6. The molecule has 1 aromatic carbocycles. The molecule has 6 nitrogen and oxygen atoms in total. The third kappa shape index (κ3) is 3.17. The number of phenols is 1. The van der Waals surface area contributed by atoms with E-state index in [0.29, 0.717) is 40.7 Å². The number of benzene rings is 1. The van der Waals surface area contributed by atoms with Crippen molar-refractivity contribution < 1.29 is 19.4 Å². The molecular formula is C16H17BrN2O4. The Balaban J connectivity index is 2.11. The van der Waals surface area contributed by atoms with Crippen LogP contribution in [0, 0.1) is 0 Å². The van der Waals surface area contributed by atoms with E-state index in [9.17, 15) is 9.90 Å². The van der Waals surface area contributed by atoms with E-state index < -0.39 is 5.97 Å². The van der Waals surface area contributed by atoms with Gasteiger partial charge in [-0.25, -0.2) is 4.79 Å². The number of methoxy groups -OCH3 is 1. The van der Waals surface area contributed by atoms with E-state index in [-0.39, 0.29) is 5.75 Å². The van der Waals surface area contributed by atoms with Gasteiger partial charge in [0.1, 0.15) is 5.75 Å². The van der Waals surface area contributed by atoms with Gasteiger partial charge in [0.15, 0.2) is 0 Å². The van der Waals surface area contributed by atoms with Gasteiger partial charge in [0.25, 0.3) is 0 Å². The van der Waals surface area contributed by atoms with Crippen LogP contribution >= 0.6 is 15.9 Å². The number of morpholine rings is 1. The summed E-state index contributed by atoms with van der Waals surface area (Å²) >= 11 is 3.36. The van der Waals surface area contributed by atoms with E-state index in [4.69, 9.17) is 9.47 Å². The summed E-state index contributed by atoms with van der Waals surface area (Å²) in [5, 5.41) is 10.8. The highest BCUT2D eigenvalue weighted by Gasteiger charge is 2.20. The fourth-order valence-corrected chi connectivity index (χ4v) is 3.27. The SMILES string of the molecule is COC(=O)c1ccnc2c(CN3CCOCC3)cc(O)c(Br)c12. The molecule has 3 rings (SSSR count). The summed E-state index contributed by atoms with van der Waals surface area (Å²) in [6.45, 7) is 3.69. The summed E-state index contributed by atoms with van der Waals surface area (Å²) in [7, 11) is 1.33. The van der Waals surface area contributed by atoms with Crippen LogP contribution in [0.1, 0.15) is 15.9 Å². The maximum atomic E-state index is 12.0. The molecule has 1 aliphatic rings. The Morgan fingerprint density at radius 3 is 2.91 bits per heavy atom. The number of hydrogen-bond donors (Lipinski definition) is 1. The van der Waals surface area contributed by atoms with Crippen molar-refractivity contribution in [2.24, 2.45) is 0 Å². The molecule has 1 aliphatic heterocycles. The van der Waals surface area contributed by atoms with Crippen LogP contribution in [-0.4, -0.2) is 54.4 Å². The second-order valence-electron chi connectivity index (χ2n) is 5.33. The monoisotopic (exact) mass is 380 g/mol. The molecule has 1 fully saturated rings. The van der Waals surface area contributed by atoms with E-state index >= 15 is 0 Å². The highest BCUT2D eigenvalue weighted by Crippen LogP contribution is 2.36. The van der Waals surface area contributed by atoms with Gasteiger partial charge in [-0.05, 0) is 33.6 Å². The summed E-state index contributed by atoms with van der Waals surface area (Å²) in [5.74, 6) is -0.375. The van der Waals surface area contributed by atoms with Crippen molar-refractivity contribution >= 4 is 32.8 Å². The molecule has 0 amide bonds. The van der Waals surface area contributed by atoms with Crippen LogP contribution in [0.4, 0.5) is 0 Å². The number of phenolic OH excluding ortho intramolecular Hbond substituents is 1. The van der Waals surface area contributed by atoms with Crippen LogP contribution in [-0.2, 0) is 16.0 Å². The average molecular weight is 381 g/mol. The molecule has 0 bridgehead atoms. The molecule has 2 aromatic rings. The second kappa shape index (κ2) is 6.82. The second-order valence-corrected chi connectivity index (χ2v) is 6.12. The number of aromatic nitrogens is 1. The maximum absolute atomic E-state index is 12.0. The first-order valence-corrected chi connectivity index (χ1v) is 8.08. The first-order valence-electron chi connectivity index (χ1n) is 7.29. The number of pyridine rings is 1. The summed E-state index contributed by atoms with van der Waals surface area (Å²) in [6, 6.07) is 3.28. The third-order valence-corrected chi connectivity index (χ3v) is 4.72. The van der Waals surface area contributed by atoms with E-state index in [0.717, 1.165) is 18.7 Å². The van der Waals surface area contributed by atoms with E-state index in [1.165, 1.54) is 7.11 Å². The first kappa shape index (κ1) is 16.2. The highest BCUT2D eigenvalue weighted by molar-refractivity contribution is 9.10. The number of ether oxygens (including phenoxy) is 2. The molecule has 0 atom stereocenters. The molecule has 1 aromatic heterocycles. The van der Waals surface area contributed by atoms with Crippen LogP contribution in [0.3, 0.4) is 0 Å². The Labute approximate surface area is 142 Å². The molecule has 0 saturated carbocycles. The lowest BCUT2D eigenvalue weighted by Crippen LogP contribution is -2.35. The van der Waals surface area contributed by atoms with Crippen LogP contribution in [0.2, 0.25) is 0 Å². The van der Waals surface area contributed by atoms with Crippen LogP contribution in [0.15, 0.2) is 22.8 Å². The molecular weight excluding hydrogens is 364 g/mol. The van der Waals surface area contributed by atoms with Gasteiger partial charge in [0.05, 0.1) is 35.9 Å². The van der Waals surface area contributed by atoms with Gasteiger partial charge in [-0.15, -0.1) is 0 Å². The lowest BCUT2D eigenvalue weighted by Gasteiger charge is -2.27. The molecule has 23 heavy (non-hydrogen) atoms. The van der Waals surface area contributed by atoms with Crippen molar-refractivity contribution in [2.75, 3.05) is 33.4 Å². The van der Waals surface area contributed by atoms with Crippen molar-refractivity contribution in [3.63, 3.8) is 0 Å². The molecule has 1 N–H and O–H groups in total. The van der Waals surface area contributed by atoms with Crippen molar-refractivity contribution in [3.05, 3.63) is 33.9 Å². The van der Waals surface area contributed by atoms with E-state index in [1.54, 1.807) is 18.3 Å². The molecule has 0 spiro atoms. The Bertz CT molecular complexity index is 744. The summed E-state index contributed by atoms with van der Waals surface area (Å²) in [4.78, 5) is 18.7. The van der Waals surface area contributed by atoms with Gasteiger partial charge >= 0.3 is 5.97 Å². The largest absolute Gasteiger partial charge is 0.507 e. The maximum Gasteiger partial charge on any atom is 0.338 e. The van der Waals surface area contributed by atoms with Gasteiger partial charge < -0.3 is 14.6 Å². The summed E-state index contributed by atoms with van der Waals surface area (Å²) in [5.41, 5.74) is 1.93. The van der Waals surface area contributed by atoms with Gasteiger partial charge in [-0.2, -0.15) is 0 Å². The minimum Gasteiger partial charge on any atom is -0.507 e. The molecule has 122 valence electrons. The Kier molecular flexibility index (Phi) is 4.79. The van der Waals surface area contributed by atoms with E-state index in [1.807, 2.05) is 0 Å². The van der Waals surface area contributed by atoms with Gasteiger partial charge in [0, 0.05) is 31.2 Å². The Morgan fingerprint density at radius 2 is 2.22 bits per heavy atom. The summed E-state index contributed by atoms with van der Waals surface area (Å²) < 4.78 is 10.6. The number of fused-ring (bicyclic) bond motifs is 1. The number of carbonyl (C=O) groups excluding carboxylic acids is 1. The standard InChI is InChI=1S/C16H17BrN2O4/c1-22-16(21)11-2-3-18-15-10(8-12(20)14(17)13(11)15)9-19-4-6-23-7-5-19/h2-3,8,20H,4-7,9H2,1H3. The molecule has 2 heterocycles. The minimum absolute atomic E-state index is 0.0823. The number of carbonyl (C=O) groups is 1. The van der Waals surface area contributed by atoms with Crippen LogP contribution in [0.25, 0.3) is 10.9 Å². The number of halogens is 1. The normalized spacial score (nSPS) is 15.7. The Morgan fingerprint density at radius 1 is 1.48 bits per heavy atom. The lowest BCUT2D eigenvalue weighted by atomic mass is 10.0. The molecule has 7 heteroatoms. The van der Waals surface area contributed by atoms with Gasteiger partial charge in [0.2, 0.25) is 0 Å². The Hall–Kier alpha value is -1.70. The zero-order chi connectivity index (χ0) is 16.4. The summed E-state index contributed by atoms with van der Waals surface area (Å²) in [6.07, 6.45) is 1.58. The van der Waals surface area contributed by atoms with Crippen LogP contribution < -0.4 is 0 Å². The number of nitrogens with zero attached hydrogens (tertiary/aromatic N) is 2. The molecule has 1 saturated heterocycles. The van der Waals surface area contributed by atoms with Crippen LogP contribution in [0.5, 0.6) is 5.75 Å². The first-order chi connectivity index (χ1) is 11.1. The lowest BCUT2D eigenvalue weighted by molar-refractivity contribution is 0.0343.